The van der Waals surface area contributed by atoms with Crippen LogP contribution >= 0.6 is 0 Å². The first-order chi connectivity index (χ1) is 8.53. The summed E-state index contributed by atoms with van der Waals surface area (Å²) in [6, 6.07) is 0.161. The first-order valence-corrected chi connectivity index (χ1v) is 6.77. The maximum Gasteiger partial charge on any atom is 0.229 e. The molecule has 0 radical (unpaired) electrons. The van der Waals surface area contributed by atoms with Gasteiger partial charge in [0.15, 0.2) is 0 Å². The number of carbonyl (C=O) groups is 1. The van der Waals surface area contributed by atoms with Crippen molar-refractivity contribution in [2.45, 2.75) is 32.4 Å². The molecule has 0 spiro atoms. The number of hydrogen-bond acceptors (Lipinski definition) is 4. The molecule has 2 aliphatic heterocycles. The van der Waals surface area contributed by atoms with E-state index >= 15 is 0 Å². The molecule has 5 nitrogen and oxygen atoms in total. The summed E-state index contributed by atoms with van der Waals surface area (Å²) in [7, 11) is 0. The first-order valence-electron chi connectivity index (χ1n) is 6.77. The molecule has 5 heteroatoms. The molecule has 2 saturated heterocycles. The number of rotatable bonds is 3. The molecule has 0 aliphatic carbocycles. The summed E-state index contributed by atoms with van der Waals surface area (Å²) in [6.45, 7) is 10.1. The van der Waals surface area contributed by atoms with Gasteiger partial charge in [0, 0.05) is 19.1 Å². The van der Waals surface area contributed by atoms with Crippen molar-refractivity contribution in [3.63, 3.8) is 0 Å². The second-order valence-electron chi connectivity index (χ2n) is 5.68. The monoisotopic (exact) mass is 256 g/mol. The Balaban J connectivity index is 1.97. The topological polar surface area (TPSA) is 50.8 Å². The van der Waals surface area contributed by atoms with Gasteiger partial charge in [-0.2, -0.15) is 0 Å². The minimum absolute atomic E-state index is 0.0427. The number of morpholine rings is 1. The predicted octanol–water partition coefficient (Wildman–Crippen LogP) is 0.248. The zero-order valence-corrected chi connectivity index (χ0v) is 11.6. The average molecular weight is 256 g/mol. The lowest BCUT2D eigenvalue weighted by molar-refractivity contribution is -0.150. The zero-order valence-electron chi connectivity index (χ0n) is 11.6. The fourth-order valence-electron chi connectivity index (χ4n) is 2.70. The third-order valence-electron chi connectivity index (χ3n) is 3.60. The minimum Gasteiger partial charge on any atom is -0.379 e. The quantitative estimate of drug-likeness (QED) is 0.786. The summed E-state index contributed by atoms with van der Waals surface area (Å²) < 4.78 is 11.1. The van der Waals surface area contributed by atoms with Gasteiger partial charge in [0.1, 0.15) is 0 Å². The number of ether oxygens (including phenoxy) is 2. The van der Waals surface area contributed by atoms with Gasteiger partial charge in [-0.25, -0.2) is 0 Å². The Labute approximate surface area is 109 Å². The molecule has 1 N–H and O–H groups in total. The predicted molar refractivity (Wildman–Crippen MR) is 68.4 cm³/mol. The molecular weight excluding hydrogens is 232 g/mol. The van der Waals surface area contributed by atoms with Crippen LogP contribution in [0.25, 0.3) is 0 Å². The Morgan fingerprint density at radius 1 is 1.44 bits per heavy atom. The highest BCUT2D eigenvalue weighted by Gasteiger charge is 2.39. The van der Waals surface area contributed by atoms with Crippen LogP contribution in [0.2, 0.25) is 0 Å². The van der Waals surface area contributed by atoms with Crippen molar-refractivity contribution in [3.05, 3.63) is 0 Å². The number of likely N-dealkylation sites (N-methyl/N-ethyl adjacent to an activating group) is 1. The van der Waals surface area contributed by atoms with E-state index in [0.717, 1.165) is 6.54 Å². The molecule has 2 aliphatic rings. The van der Waals surface area contributed by atoms with Gasteiger partial charge in [-0.1, -0.05) is 6.92 Å². The average Bonchev–Trinajstić information content (AvgIpc) is 2.75. The molecule has 2 fully saturated rings. The van der Waals surface area contributed by atoms with Crippen LogP contribution in [0.5, 0.6) is 0 Å². The van der Waals surface area contributed by atoms with E-state index in [2.05, 4.69) is 12.2 Å². The molecule has 0 saturated carbocycles. The van der Waals surface area contributed by atoms with Crippen LogP contribution in [0.3, 0.4) is 0 Å². The lowest BCUT2D eigenvalue weighted by Gasteiger charge is -2.39. The number of carbonyl (C=O) groups excluding carboxylic acids is 1. The summed E-state index contributed by atoms with van der Waals surface area (Å²) >= 11 is 0. The number of hydrogen-bond donors (Lipinski definition) is 1. The summed E-state index contributed by atoms with van der Waals surface area (Å²) in [4.78, 5) is 14.4. The Morgan fingerprint density at radius 3 is 2.89 bits per heavy atom. The number of nitrogens with one attached hydrogen (secondary N) is 1. The van der Waals surface area contributed by atoms with E-state index in [-0.39, 0.29) is 23.5 Å². The normalized spacial score (nSPS) is 31.6. The summed E-state index contributed by atoms with van der Waals surface area (Å²) in [5, 5.41) is 3.33. The maximum atomic E-state index is 12.5. The van der Waals surface area contributed by atoms with Crippen molar-refractivity contribution >= 4 is 5.91 Å². The molecule has 2 heterocycles. The van der Waals surface area contributed by atoms with Crippen molar-refractivity contribution < 1.29 is 14.3 Å². The minimum atomic E-state index is -0.235. The van der Waals surface area contributed by atoms with E-state index in [0.29, 0.717) is 32.9 Å². The van der Waals surface area contributed by atoms with Gasteiger partial charge in [0.2, 0.25) is 5.91 Å². The van der Waals surface area contributed by atoms with Gasteiger partial charge in [0.25, 0.3) is 0 Å². The molecule has 0 aromatic carbocycles. The molecule has 2 atom stereocenters. The van der Waals surface area contributed by atoms with Gasteiger partial charge in [-0.15, -0.1) is 0 Å². The SMILES string of the molecule is CCNC1COCC1C(=O)N1CCOC(C)(C)C1. The third kappa shape index (κ3) is 3.02. The van der Waals surface area contributed by atoms with E-state index in [1.165, 1.54) is 0 Å². The first kappa shape index (κ1) is 13.8. The number of amides is 1. The summed E-state index contributed by atoms with van der Waals surface area (Å²) in [5.41, 5.74) is -0.235. The van der Waals surface area contributed by atoms with Gasteiger partial charge in [-0.3, -0.25) is 4.79 Å². The lowest BCUT2D eigenvalue weighted by Crippen LogP contribution is -2.54. The van der Waals surface area contributed by atoms with Crippen LogP contribution < -0.4 is 5.32 Å². The number of nitrogens with zero attached hydrogens (tertiary/aromatic N) is 1. The Kier molecular flexibility index (Phi) is 4.25. The Bertz CT molecular complexity index is 307. The van der Waals surface area contributed by atoms with Gasteiger partial charge >= 0.3 is 0 Å². The molecule has 0 bridgehead atoms. The summed E-state index contributed by atoms with van der Waals surface area (Å²) in [5.74, 6) is 0.161. The van der Waals surface area contributed by atoms with Crippen molar-refractivity contribution in [2.24, 2.45) is 5.92 Å². The highest BCUT2D eigenvalue weighted by Crippen LogP contribution is 2.22. The standard InChI is InChI=1S/C13H24N2O3/c1-4-14-11-8-17-7-10(11)12(16)15-5-6-18-13(2,3)9-15/h10-11,14H,4-9H2,1-3H3. The molecule has 18 heavy (non-hydrogen) atoms. The lowest BCUT2D eigenvalue weighted by atomic mass is 9.99. The second kappa shape index (κ2) is 5.55. The molecule has 0 aromatic heterocycles. The van der Waals surface area contributed by atoms with Crippen molar-refractivity contribution in [1.82, 2.24) is 10.2 Å². The molecular formula is C13H24N2O3. The van der Waals surface area contributed by atoms with Crippen LogP contribution in [-0.2, 0) is 14.3 Å². The molecule has 2 rings (SSSR count). The van der Waals surface area contributed by atoms with E-state index in [4.69, 9.17) is 9.47 Å². The molecule has 1 amide bonds. The van der Waals surface area contributed by atoms with Crippen molar-refractivity contribution in [1.29, 1.82) is 0 Å². The molecule has 2 unspecified atom stereocenters. The molecule has 104 valence electrons. The fourth-order valence-corrected chi connectivity index (χ4v) is 2.70. The van der Waals surface area contributed by atoms with Gasteiger partial charge in [0.05, 0.1) is 31.3 Å². The van der Waals surface area contributed by atoms with Gasteiger partial charge in [-0.05, 0) is 20.4 Å². The van der Waals surface area contributed by atoms with E-state index in [1.807, 2.05) is 18.7 Å². The highest BCUT2D eigenvalue weighted by atomic mass is 16.5. The second-order valence-corrected chi connectivity index (χ2v) is 5.68. The highest BCUT2D eigenvalue weighted by molar-refractivity contribution is 5.80. The largest absolute Gasteiger partial charge is 0.379 e. The third-order valence-corrected chi connectivity index (χ3v) is 3.60. The Hall–Kier alpha value is -0.650. The van der Waals surface area contributed by atoms with E-state index < -0.39 is 0 Å². The van der Waals surface area contributed by atoms with Crippen molar-refractivity contribution in [3.8, 4) is 0 Å². The van der Waals surface area contributed by atoms with Crippen LogP contribution in [0, 0.1) is 5.92 Å². The van der Waals surface area contributed by atoms with Gasteiger partial charge < -0.3 is 19.7 Å². The molecule has 0 aromatic rings. The van der Waals surface area contributed by atoms with E-state index in [1.54, 1.807) is 0 Å². The Morgan fingerprint density at radius 2 is 2.22 bits per heavy atom. The van der Waals surface area contributed by atoms with Crippen LogP contribution in [-0.4, -0.2) is 61.9 Å². The smallest absolute Gasteiger partial charge is 0.229 e. The fraction of sp³-hybridized carbons (Fsp3) is 0.923. The maximum absolute atomic E-state index is 12.5. The van der Waals surface area contributed by atoms with Crippen LogP contribution in [0.15, 0.2) is 0 Å². The summed E-state index contributed by atoms with van der Waals surface area (Å²) in [6.07, 6.45) is 0. The van der Waals surface area contributed by atoms with Crippen molar-refractivity contribution in [2.75, 3.05) is 39.5 Å². The zero-order chi connectivity index (χ0) is 13.2. The van der Waals surface area contributed by atoms with E-state index in [9.17, 15) is 4.79 Å². The van der Waals surface area contributed by atoms with Crippen LogP contribution in [0.1, 0.15) is 20.8 Å². The van der Waals surface area contributed by atoms with Crippen LogP contribution in [0.4, 0.5) is 0 Å².